The van der Waals surface area contributed by atoms with Gasteiger partial charge in [0.2, 0.25) is 17.4 Å². The first-order chi connectivity index (χ1) is 26.9. The van der Waals surface area contributed by atoms with Crippen LogP contribution >= 0.6 is 0 Å². The van der Waals surface area contributed by atoms with Crippen LogP contribution in [0.3, 0.4) is 0 Å². The Hall–Kier alpha value is -4.28. The molecule has 0 bridgehead atoms. The number of carbonyl (C=O) groups is 4. The van der Waals surface area contributed by atoms with Crippen LogP contribution in [-0.4, -0.2) is 105 Å². The zero-order valence-corrected chi connectivity index (χ0v) is 31.8. The van der Waals surface area contributed by atoms with E-state index in [4.69, 9.17) is 18.9 Å². The lowest BCUT2D eigenvalue weighted by Gasteiger charge is -2.31. The molecule has 1 saturated heterocycles. The summed E-state index contributed by atoms with van der Waals surface area (Å²) in [7, 11) is 0. The van der Waals surface area contributed by atoms with Crippen LogP contribution in [0, 0.1) is 11.7 Å². The van der Waals surface area contributed by atoms with Crippen LogP contribution in [0.1, 0.15) is 75.0 Å². The minimum absolute atomic E-state index is 0.108. The maximum atomic E-state index is 13.8. The number of aryl methyl sites for hydroxylation is 1. The Balaban J connectivity index is 0.992. The molecule has 0 unspecified atom stereocenters. The van der Waals surface area contributed by atoms with Crippen molar-refractivity contribution < 1.29 is 55.7 Å². The molecule has 2 aromatic carbocycles. The Kier molecular flexibility index (Phi) is 15.5. The number of amides is 4. The number of nitrogens with one attached hydrogen (secondary N) is 2. The van der Waals surface area contributed by atoms with Crippen molar-refractivity contribution in [2.75, 3.05) is 64.6 Å². The Morgan fingerprint density at radius 1 is 0.964 bits per heavy atom. The first kappa shape index (κ1) is 42.9. The SMILES string of the molecule is C[C@H](N(Cc1ccc(F)cc1)C(=O)CN1C(=O)O[C@@]2(CCc3cc(NCCCNC(=O)CCOCCOCCOCCC4CCCC4)ccc32)C1=O)C(F)(F)F. The summed E-state index contributed by atoms with van der Waals surface area (Å²) in [6, 6.07) is 7.60. The van der Waals surface area contributed by atoms with Crippen molar-refractivity contribution in [3.05, 3.63) is 65.0 Å². The van der Waals surface area contributed by atoms with Gasteiger partial charge in [-0.05, 0) is 67.5 Å². The predicted octanol–water partition coefficient (Wildman–Crippen LogP) is 5.86. The third-order valence-corrected chi connectivity index (χ3v) is 10.5. The van der Waals surface area contributed by atoms with Gasteiger partial charge >= 0.3 is 12.3 Å². The molecule has 2 atom stereocenters. The fourth-order valence-electron chi connectivity index (χ4n) is 7.29. The molecule has 4 amide bonds. The fraction of sp³-hybridized carbons (Fsp3) is 0.600. The highest BCUT2D eigenvalue weighted by Gasteiger charge is 2.58. The van der Waals surface area contributed by atoms with Crippen molar-refractivity contribution in [1.29, 1.82) is 0 Å². The van der Waals surface area contributed by atoms with Gasteiger partial charge in [-0.2, -0.15) is 13.2 Å². The monoisotopic (exact) mass is 792 g/mol. The van der Waals surface area contributed by atoms with Gasteiger partial charge in [-0.3, -0.25) is 14.4 Å². The van der Waals surface area contributed by atoms with Crippen LogP contribution in [0.5, 0.6) is 0 Å². The minimum Gasteiger partial charge on any atom is -0.427 e. The number of halogens is 4. The lowest BCUT2D eigenvalue weighted by Crippen LogP contribution is -2.51. The van der Waals surface area contributed by atoms with Crippen molar-refractivity contribution in [2.45, 2.75) is 89.1 Å². The summed E-state index contributed by atoms with van der Waals surface area (Å²) in [5, 5.41) is 6.14. The molecule has 2 aromatic rings. The molecule has 1 spiro atoms. The first-order valence-electron chi connectivity index (χ1n) is 19.4. The number of nitrogens with zero attached hydrogens (tertiary/aromatic N) is 2. The zero-order valence-electron chi connectivity index (χ0n) is 31.8. The summed E-state index contributed by atoms with van der Waals surface area (Å²) in [5.41, 5.74) is 0.491. The number of rotatable bonds is 22. The normalized spacial score (nSPS) is 18.7. The number of anilines is 1. The van der Waals surface area contributed by atoms with Gasteiger partial charge in [-0.1, -0.05) is 43.9 Å². The van der Waals surface area contributed by atoms with E-state index in [1.54, 1.807) is 12.1 Å². The van der Waals surface area contributed by atoms with Gasteiger partial charge in [0.05, 0.1) is 33.0 Å². The largest absolute Gasteiger partial charge is 0.427 e. The second-order valence-corrected chi connectivity index (χ2v) is 14.5. The van der Waals surface area contributed by atoms with Crippen LogP contribution < -0.4 is 10.6 Å². The molecule has 2 aliphatic carbocycles. The molecule has 56 heavy (non-hydrogen) atoms. The average Bonchev–Trinajstić information content (AvgIpc) is 3.88. The number of hydrogen-bond donors (Lipinski definition) is 2. The van der Waals surface area contributed by atoms with E-state index >= 15 is 0 Å². The van der Waals surface area contributed by atoms with Crippen molar-refractivity contribution in [3.8, 4) is 0 Å². The van der Waals surface area contributed by atoms with E-state index in [0.29, 0.717) is 74.3 Å². The number of benzene rings is 2. The highest BCUT2D eigenvalue weighted by Crippen LogP contribution is 2.46. The van der Waals surface area contributed by atoms with E-state index in [0.717, 1.165) is 49.3 Å². The maximum absolute atomic E-state index is 13.8. The Bertz CT molecular complexity index is 1640. The van der Waals surface area contributed by atoms with Gasteiger partial charge < -0.3 is 34.5 Å². The first-order valence-corrected chi connectivity index (χ1v) is 19.4. The smallest absolute Gasteiger partial charge is 0.418 e. The number of hydrogen-bond acceptors (Lipinski definition) is 9. The summed E-state index contributed by atoms with van der Waals surface area (Å²) < 4.78 is 76.9. The van der Waals surface area contributed by atoms with Crippen LogP contribution in [0.25, 0.3) is 0 Å². The molecular formula is C40H52F4N4O8. The maximum Gasteiger partial charge on any atom is 0.418 e. The van der Waals surface area contributed by atoms with Crippen molar-refractivity contribution in [1.82, 2.24) is 15.1 Å². The van der Waals surface area contributed by atoms with E-state index in [1.165, 1.54) is 37.8 Å². The molecule has 3 aliphatic rings. The predicted molar refractivity (Wildman–Crippen MR) is 197 cm³/mol. The minimum atomic E-state index is -4.80. The van der Waals surface area contributed by atoms with E-state index in [2.05, 4.69) is 10.6 Å². The molecule has 5 rings (SSSR count). The quantitative estimate of drug-likeness (QED) is 0.111. The molecule has 308 valence electrons. The molecule has 2 N–H and O–H groups in total. The Labute approximate surface area is 324 Å². The van der Waals surface area contributed by atoms with Gasteiger partial charge in [0.1, 0.15) is 18.4 Å². The number of carbonyl (C=O) groups excluding carboxylic acids is 4. The number of imide groups is 1. The van der Waals surface area contributed by atoms with Gasteiger partial charge in [0, 0.05) is 50.3 Å². The Morgan fingerprint density at radius 3 is 2.34 bits per heavy atom. The molecule has 16 heteroatoms. The van der Waals surface area contributed by atoms with Gasteiger partial charge in [-0.15, -0.1) is 0 Å². The lowest BCUT2D eigenvalue weighted by atomic mass is 9.94. The summed E-state index contributed by atoms with van der Waals surface area (Å²) in [4.78, 5) is 53.2. The molecule has 2 fully saturated rings. The van der Waals surface area contributed by atoms with E-state index in [9.17, 15) is 36.7 Å². The van der Waals surface area contributed by atoms with Crippen LogP contribution in [0.4, 0.5) is 28.0 Å². The molecule has 0 radical (unpaired) electrons. The Morgan fingerprint density at radius 2 is 1.64 bits per heavy atom. The van der Waals surface area contributed by atoms with Gasteiger partial charge in [-0.25, -0.2) is 14.1 Å². The van der Waals surface area contributed by atoms with Gasteiger partial charge in [0.15, 0.2) is 0 Å². The van der Waals surface area contributed by atoms with Crippen LogP contribution in [-0.2, 0) is 51.9 Å². The van der Waals surface area contributed by atoms with E-state index < -0.39 is 54.6 Å². The highest BCUT2D eigenvalue weighted by atomic mass is 19.4. The second-order valence-electron chi connectivity index (χ2n) is 14.5. The third-order valence-electron chi connectivity index (χ3n) is 10.5. The summed E-state index contributed by atoms with van der Waals surface area (Å²) in [6.45, 7) is 3.33. The highest BCUT2D eigenvalue weighted by molar-refractivity contribution is 6.06. The lowest BCUT2D eigenvalue weighted by molar-refractivity contribution is -0.187. The van der Waals surface area contributed by atoms with E-state index in [1.807, 2.05) is 6.07 Å². The van der Waals surface area contributed by atoms with E-state index in [-0.39, 0.29) is 24.3 Å². The zero-order chi connectivity index (χ0) is 40.1. The molecule has 1 saturated carbocycles. The van der Waals surface area contributed by atoms with Crippen LogP contribution in [0.2, 0.25) is 0 Å². The number of fused-ring (bicyclic) bond motifs is 2. The van der Waals surface area contributed by atoms with Crippen LogP contribution in [0.15, 0.2) is 42.5 Å². The summed E-state index contributed by atoms with van der Waals surface area (Å²) >= 11 is 0. The standard InChI is InChI=1S/C40H52F4N4O8/c1-28(40(42,43)44)47(26-30-7-9-32(41)10-8-30)36(50)27-48-37(51)39(56-38(48)52)16-13-31-25-33(11-12-34(31)39)45-17-4-18-46-35(49)15-20-54-22-24-55-23-21-53-19-14-29-5-2-3-6-29/h7-12,25,28-29,45H,2-6,13-24,26-27H2,1H3,(H,46,49)/t28-,39+/m0/s1. The van der Waals surface area contributed by atoms with Crippen molar-refractivity contribution in [2.24, 2.45) is 5.92 Å². The van der Waals surface area contributed by atoms with Crippen molar-refractivity contribution in [3.63, 3.8) is 0 Å². The summed E-state index contributed by atoms with van der Waals surface area (Å²) in [5.74, 6) is -1.84. The molecular weight excluding hydrogens is 740 g/mol. The average molecular weight is 793 g/mol. The molecule has 1 heterocycles. The summed E-state index contributed by atoms with van der Waals surface area (Å²) in [6.07, 6.45) is 1.90. The second kappa shape index (κ2) is 20.2. The fourth-order valence-corrected chi connectivity index (χ4v) is 7.29. The van der Waals surface area contributed by atoms with Crippen molar-refractivity contribution >= 4 is 29.5 Å². The molecule has 1 aliphatic heterocycles. The third kappa shape index (κ3) is 11.6. The van der Waals surface area contributed by atoms with Gasteiger partial charge in [0.25, 0.3) is 5.91 Å². The number of alkyl halides is 3. The number of ether oxygens (including phenoxy) is 4. The molecule has 12 nitrogen and oxygen atoms in total. The topological polar surface area (TPSA) is 136 Å². The molecule has 0 aromatic heterocycles.